The molecule has 250 valence electrons. The maximum atomic E-state index is 6.55. The van der Waals surface area contributed by atoms with Gasteiger partial charge in [0.15, 0.2) is 5.79 Å². The SMILES string of the molecule is CCCCC/C=C\C/C=C\CCCCCCCC1OC(C)(CCC)OC1CCCCCCC/C=C\C/C=C\CCCCC. The molecule has 1 aliphatic heterocycles. The minimum atomic E-state index is -0.363. The molecule has 0 aromatic rings. The zero-order valence-corrected chi connectivity index (χ0v) is 29.5. The molecular formula is C41H74O2. The van der Waals surface area contributed by atoms with Crippen LogP contribution < -0.4 is 0 Å². The number of hydrogen-bond acceptors (Lipinski definition) is 2. The van der Waals surface area contributed by atoms with Gasteiger partial charge in [-0.05, 0) is 84.0 Å². The van der Waals surface area contributed by atoms with Gasteiger partial charge in [0.2, 0.25) is 0 Å². The summed E-state index contributed by atoms with van der Waals surface area (Å²) in [5.41, 5.74) is 0. The van der Waals surface area contributed by atoms with Gasteiger partial charge in [0, 0.05) is 6.42 Å². The summed E-state index contributed by atoms with van der Waals surface area (Å²) in [5, 5.41) is 0. The average molecular weight is 599 g/mol. The van der Waals surface area contributed by atoms with E-state index in [4.69, 9.17) is 9.47 Å². The smallest absolute Gasteiger partial charge is 0.166 e. The second-order valence-electron chi connectivity index (χ2n) is 13.2. The highest BCUT2D eigenvalue weighted by Gasteiger charge is 2.42. The van der Waals surface area contributed by atoms with Crippen LogP contribution in [0.25, 0.3) is 0 Å². The second-order valence-corrected chi connectivity index (χ2v) is 13.2. The van der Waals surface area contributed by atoms with Crippen LogP contribution in [0.4, 0.5) is 0 Å². The minimum absolute atomic E-state index is 0.292. The van der Waals surface area contributed by atoms with Crippen molar-refractivity contribution < 1.29 is 9.47 Å². The van der Waals surface area contributed by atoms with Crippen LogP contribution in [-0.4, -0.2) is 18.0 Å². The van der Waals surface area contributed by atoms with E-state index in [-0.39, 0.29) is 5.79 Å². The van der Waals surface area contributed by atoms with Crippen molar-refractivity contribution in [3.05, 3.63) is 48.6 Å². The largest absolute Gasteiger partial charge is 0.344 e. The lowest BCUT2D eigenvalue weighted by Gasteiger charge is -2.22. The molecule has 1 fully saturated rings. The van der Waals surface area contributed by atoms with Crippen molar-refractivity contribution in [2.24, 2.45) is 0 Å². The molecule has 2 unspecified atom stereocenters. The van der Waals surface area contributed by atoms with Crippen molar-refractivity contribution in [3.8, 4) is 0 Å². The molecule has 0 radical (unpaired) electrons. The molecule has 2 heteroatoms. The molecule has 0 aliphatic carbocycles. The molecular weight excluding hydrogens is 524 g/mol. The highest BCUT2D eigenvalue weighted by atomic mass is 16.8. The summed E-state index contributed by atoms with van der Waals surface area (Å²) in [6.45, 7) is 8.95. The Kier molecular flexibility index (Phi) is 27.5. The summed E-state index contributed by atoms with van der Waals surface area (Å²) in [6.07, 6.45) is 52.2. The van der Waals surface area contributed by atoms with Crippen LogP contribution in [0.1, 0.15) is 195 Å². The van der Waals surface area contributed by atoms with E-state index in [0.717, 1.165) is 38.5 Å². The van der Waals surface area contributed by atoms with E-state index in [2.05, 4.69) is 76.3 Å². The van der Waals surface area contributed by atoms with E-state index in [9.17, 15) is 0 Å². The summed E-state index contributed by atoms with van der Waals surface area (Å²) in [4.78, 5) is 0. The molecule has 0 bridgehead atoms. The Hall–Kier alpha value is -1.12. The third-order valence-corrected chi connectivity index (χ3v) is 8.80. The van der Waals surface area contributed by atoms with Gasteiger partial charge in [-0.2, -0.15) is 0 Å². The van der Waals surface area contributed by atoms with Crippen LogP contribution in [-0.2, 0) is 9.47 Å². The van der Waals surface area contributed by atoms with E-state index < -0.39 is 0 Å². The Bertz CT molecular complexity index is 648. The summed E-state index contributed by atoms with van der Waals surface area (Å²) in [7, 11) is 0. The lowest BCUT2D eigenvalue weighted by atomic mass is 9.99. The van der Waals surface area contributed by atoms with E-state index in [0.29, 0.717) is 12.2 Å². The molecule has 43 heavy (non-hydrogen) atoms. The third kappa shape index (κ3) is 23.9. The third-order valence-electron chi connectivity index (χ3n) is 8.80. The van der Waals surface area contributed by atoms with E-state index in [1.165, 1.54) is 128 Å². The van der Waals surface area contributed by atoms with Gasteiger partial charge in [-0.3, -0.25) is 0 Å². The van der Waals surface area contributed by atoms with Gasteiger partial charge in [0.05, 0.1) is 12.2 Å². The first-order valence-electron chi connectivity index (χ1n) is 19.1. The zero-order chi connectivity index (χ0) is 31.1. The Morgan fingerprint density at radius 2 is 0.767 bits per heavy atom. The van der Waals surface area contributed by atoms with E-state index >= 15 is 0 Å². The van der Waals surface area contributed by atoms with E-state index in [1.807, 2.05) is 0 Å². The van der Waals surface area contributed by atoms with Crippen LogP contribution in [0.5, 0.6) is 0 Å². The lowest BCUT2D eigenvalue weighted by molar-refractivity contribution is -0.166. The number of allylic oxidation sites excluding steroid dienone is 8. The first-order chi connectivity index (χ1) is 21.1. The number of unbranched alkanes of at least 4 members (excludes halogenated alkanes) is 16. The molecule has 1 heterocycles. The topological polar surface area (TPSA) is 18.5 Å². The summed E-state index contributed by atoms with van der Waals surface area (Å²) in [5.74, 6) is -0.363. The minimum Gasteiger partial charge on any atom is -0.344 e. The quantitative estimate of drug-likeness (QED) is 0.0605. The van der Waals surface area contributed by atoms with Crippen LogP contribution in [0, 0.1) is 0 Å². The highest BCUT2D eigenvalue weighted by molar-refractivity contribution is 4.93. The zero-order valence-electron chi connectivity index (χ0n) is 29.5. The maximum absolute atomic E-state index is 6.55. The molecule has 1 aliphatic rings. The van der Waals surface area contributed by atoms with Crippen LogP contribution >= 0.6 is 0 Å². The first-order valence-corrected chi connectivity index (χ1v) is 19.1. The van der Waals surface area contributed by atoms with Gasteiger partial charge in [-0.1, -0.05) is 153 Å². The molecule has 1 rings (SSSR count). The standard InChI is InChI=1S/C41H74O2/c1-5-8-10-12-14-16-18-20-22-24-26-28-30-32-34-36-39-40(43-41(4,42-39)38-7-3)37-35-33-31-29-27-25-23-21-19-17-15-13-11-9-6-2/h14-17,20-23,39-40H,5-13,18-19,24-38H2,1-4H3/b16-14-,17-15-,22-20-,23-21-. The van der Waals surface area contributed by atoms with Gasteiger partial charge >= 0.3 is 0 Å². The fraction of sp³-hybridized carbons (Fsp3) is 0.805. The van der Waals surface area contributed by atoms with Crippen molar-refractivity contribution >= 4 is 0 Å². The second kappa shape index (κ2) is 29.6. The van der Waals surface area contributed by atoms with Crippen LogP contribution in [0.15, 0.2) is 48.6 Å². The molecule has 0 aromatic carbocycles. The lowest BCUT2D eigenvalue weighted by Crippen LogP contribution is -2.26. The Morgan fingerprint density at radius 1 is 0.419 bits per heavy atom. The maximum Gasteiger partial charge on any atom is 0.166 e. The Morgan fingerprint density at radius 3 is 1.14 bits per heavy atom. The van der Waals surface area contributed by atoms with Gasteiger partial charge < -0.3 is 9.47 Å². The number of ether oxygens (including phenoxy) is 2. The van der Waals surface area contributed by atoms with Gasteiger partial charge in [-0.25, -0.2) is 0 Å². The summed E-state index contributed by atoms with van der Waals surface area (Å²) >= 11 is 0. The van der Waals surface area contributed by atoms with Gasteiger partial charge in [-0.15, -0.1) is 0 Å². The molecule has 2 atom stereocenters. The molecule has 0 saturated carbocycles. The fourth-order valence-electron chi connectivity index (χ4n) is 6.20. The van der Waals surface area contributed by atoms with E-state index in [1.54, 1.807) is 0 Å². The Balaban J connectivity index is 2.11. The fourth-order valence-corrected chi connectivity index (χ4v) is 6.20. The average Bonchev–Trinajstić information content (AvgIpc) is 3.31. The molecule has 1 saturated heterocycles. The molecule has 0 amide bonds. The molecule has 0 aromatic heterocycles. The number of hydrogen-bond donors (Lipinski definition) is 0. The predicted molar refractivity (Wildman–Crippen MR) is 192 cm³/mol. The van der Waals surface area contributed by atoms with Crippen molar-refractivity contribution in [2.45, 2.75) is 213 Å². The van der Waals surface area contributed by atoms with Crippen molar-refractivity contribution in [3.63, 3.8) is 0 Å². The van der Waals surface area contributed by atoms with Crippen LogP contribution in [0.3, 0.4) is 0 Å². The van der Waals surface area contributed by atoms with Crippen molar-refractivity contribution in [2.75, 3.05) is 0 Å². The molecule has 0 N–H and O–H groups in total. The predicted octanol–water partition coefficient (Wildman–Crippen LogP) is 13.9. The van der Waals surface area contributed by atoms with Gasteiger partial charge in [0.25, 0.3) is 0 Å². The summed E-state index contributed by atoms with van der Waals surface area (Å²) in [6, 6.07) is 0. The monoisotopic (exact) mass is 599 g/mol. The normalized spacial score (nSPS) is 21.1. The van der Waals surface area contributed by atoms with Crippen LogP contribution in [0.2, 0.25) is 0 Å². The first kappa shape index (κ1) is 39.9. The summed E-state index contributed by atoms with van der Waals surface area (Å²) < 4.78 is 13.1. The van der Waals surface area contributed by atoms with Crippen molar-refractivity contribution in [1.29, 1.82) is 0 Å². The molecule has 0 spiro atoms. The van der Waals surface area contributed by atoms with Crippen molar-refractivity contribution in [1.82, 2.24) is 0 Å². The number of rotatable bonds is 30. The highest BCUT2D eigenvalue weighted by Crippen LogP contribution is 2.36. The Labute approximate surface area is 270 Å². The molecule has 2 nitrogen and oxygen atoms in total. The van der Waals surface area contributed by atoms with Gasteiger partial charge in [0.1, 0.15) is 0 Å².